The Balaban J connectivity index is 1.92. The number of phenols is 2. The average molecular weight is 272 g/mol. The number of hydrogen-bond donors (Lipinski definition) is 4. The summed E-state index contributed by atoms with van der Waals surface area (Å²) in [5.74, 6) is -0.224. The molecule has 2 amide bonds. The molecule has 0 saturated carbocycles. The maximum Gasteiger partial charge on any atom is 0.319 e. The third-order valence-corrected chi connectivity index (χ3v) is 2.70. The van der Waals surface area contributed by atoms with Crippen molar-refractivity contribution in [2.45, 2.75) is 13.5 Å². The summed E-state index contributed by atoms with van der Waals surface area (Å²) < 4.78 is 0. The first kappa shape index (κ1) is 13.7. The van der Waals surface area contributed by atoms with Gasteiger partial charge in [-0.25, -0.2) is 4.79 Å². The molecule has 0 fully saturated rings. The van der Waals surface area contributed by atoms with E-state index in [1.54, 1.807) is 0 Å². The lowest BCUT2D eigenvalue weighted by atomic mass is 10.1. The molecule has 5 heteroatoms. The Bertz CT molecular complexity index is 606. The molecule has 0 bridgehead atoms. The molecule has 0 unspecified atom stereocenters. The number of phenolic OH excluding ortho intramolecular Hbond substituents is 2. The molecule has 4 N–H and O–H groups in total. The number of nitrogens with one attached hydrogen (secondary N) is 2. The van der Waals surface area contributed by atoms with Crippen molar-refractivity contribution < 1.29 is 15.0 Å². The van der Waals surface area contributed by atoms with Gasteiger partial charge in [-0.1, -0.05) is 29.8 Å². The fraction of sp³-hybridized carbons (Fsp3) is 0.133. The van der Waals surface area contributed by atoms with Gasteiger partial charge in [0.25, 0.3) is 0 Å². The smallest absolute Gasteiger partial charge is 0.319 e. The Kier molecular flexibility index (Phi) is 4.10. The summed E-state index contributed by atoms with van der Waals surface area (Å²) in [6.07, 6.45) is 0. The summed E-state index contributed by atoms with van der Waals surface area (Å²) in [6, 6.07) is 11.3. The zero-order chi connectivity index (χ0) is 14.5. The number of carbonyl (C=O) groups excluding carboxylic acids is 1. The van der Waals surface area contributed by atoms with E-state index >= 15 is 0 Å². The van der Waals surface area contributed by atoms with Gasteiger partial charge in [0, 0.05) is 30.4 Å². The minimum atomic E-state index is -0.406. The maximum absolute atomic E-state index is 11.7. The maximum atomic E-state index is 11.7. The third-order valence-electron chi connectivity index (χ3n) is 2.70. The SMILES string of the molecule is Cc1cccc(CNC(=O)Nc2cc(O)cc(O)c2)c1. The minimum absolute atomic E-state index is 0.112. The number of aryl methyl sites for hydroxylation is 1. The van der Waals surface area contributed by atoms with E-state index in [0.717, 1.165) is 11.1 Å². The van der Waals surface area contributed by atoms with Crippen molar-refractivity contribution >= 4 is 11.7 Å². The Labute approximate surface area is 116 Å². The second kappa shape index (κ2) is 5.97. The van der Waals surface area contributed by atoms with E-state index < -0.39 is 6.03 Å². The number of amides is 2. The number of benzene rings is 2. The van der Waals surface area contributed by atoms with Crippen molar-refractivity contribution in [3.8, 4) is 11.5 Å². The van der Waals surface area contributed by atoms with Crippen LogP contribution in [0.15, 0.2) is 42.5 Å². The summed E-state index contributed by atoms with van der Waals surface area (Å²) in [7, 11) is 0. The first-order valence-corrected chi connectivity index (χ1v) is 6.16. The Morgan fingerprint density at radius 3 is 2.45 bits per heavy atom. The van der Waals surface area contributed by atoms with Crippen LogP contribution in [-0.4, -0.2) is 16.2 Å². The number of aromatic hydroxyl groups is 2. The van der Waals surface area contributed by atoms with E-state index in [9.17, 15) is 15.0 Å². The molecule has 5 nitrogen and oxygen atoms in total. The predicted molar refractivity (Wildman–Crippen MR) is 76.8 cm³/mol. The molecule has 2 aromatic rings. The van der Waals surface area contributed by atoms with Crippen molar-refractivity contribution in [3.63, 3.8) is 0 Å². The molecule has 0 radical (unpaired) electrons. The molecule has 20 heavy (non-hydrogen) atoms. The highest BCUT2D eigenvalue weighted by atomic mass is 16.3. The van der Waals surface area contributed by atoms with Gasteiger partial charge < -0.3 is 20.8 Å². The van der Waals surface area contributed by atoms with Crippen LogP contribution in [-0.2, 0) is 6.54 Å². The van der Waals surface area contributed by atoms with E-state index in [4.69, 9.17) is 0 Å². The monoisotopic (exact) mass is 272 g/mol. The van der Waals surface area contributed by atoms with Crippen LogP contribution in [0.3, 0.4) is 0 Å². The number of anilines is 1. The molecule has 2 aromatic carbocycles. The zero-order valence-electron chi connectivity index (χ0n) is 11.1. The lowest BCUT2D eigenvalue weighted by molar-refractivity contribution is 0.251. The second-order valence-corrected chi connectivity index (χ2v) is 4.53. The van der Waals surface area contributed by atoms with E-state index in [-0.39, 0.29) is 11.5 Å². The first-order valence-electron chi connectivity index (χ1n) is 6.16. The highest BCUT2D eigenvalue weighted by Crippen LogP contribution is 2.23. The minimum Gasteiger partial charge on any atom is -0.508 e. The van der Waals surface area contributed by atoms with Gasteiger partial charge in [0.2, 0.25) is 0 Å². The van der Waals surface area contributed by atoms with Crippen LogP contribution in [0.5, 0.6) is 11.5 Å². The summed E-state index contributed by atoms with van der Waals surface area (Å²) in [5.41, 5.74) is 2.45. The van der Waals surface area contributed by atoms with E-state index in [1.165, 1.54) is 18.2 Å². The molecule has 104 valence electrons. The van der Waals surface area contributed by atoms with Gasteiger partial charge in [-0.05, 0) is 12.5 Å². The lowest BCUT2D eigenvalue weighted by Gasteiger charge is -2.09. The van der Waals surface area contributed by atoms with Crippen molar-refractivity contribution in [1.29, 1.82) is 0 Å². The Morgan fingerprint density at radius 1 is 1.10 bits per heavy atom. The number of hydrogen-bond acceptors (Lipinski definition) is 3. The van der Waals surface area contributed by atoms with Gasteiger partial charge in [0.1, 0.15) is 11.5 Å². The van der Waals surface area contributed by atoms with E-state index in [0.29, 0.717) is 12.2 Å². The third kappa shape index (κ3) is 3.91. The topological polar surface area (TPSA) is 81.6 Å². The van der Waals surface area contributed by atoms with Crippen LogP contribution in [0.2, 0.25) is 0 Å². The average Bonchev–Trinajstić information content (AvgIpc) is 2.35. The van der Waals surface area contributed by atoms with Crippen LogP contribution in [0, 0.1) is 6.92 Å². The summed E-state index contributed by atoms with van der Waals surface area (Å²) in [5, 5.41) is 23.9. The van der Waals surface area contributed by atoms with Crippen LogP contribution >= 0.6 is 0 Å². The number of rotatable bonds is 3. The standard InChI is InChI=1S/C15H16N2O3/c1-10-3-2-4-11(5-10)9-16-15(20)17-12-6-13(18)8-14(19)7-12/h2-8,18-19H,9H2,1H3,(H2,16,17,20). The molecule has 0 aromatic heterocycles. The summed E-state index contributed by atoms with van der Waals surface area (Å²) >= 11 is 0. The van der Waals surface area contributed by atoms with Gasteiger partial charge in [0.05, 0.1) is 0 Å². The molecule has 0 aliphatic rings. The van der Waals surface area contributed by atoms with E-state index in [2.05, 4.69) is 10.6 Å². The molecule has 2 rings (SSSR count). The Morgan fingerprint density at radius 2 is 1.80 bits per heavy atom. The fourth-order valence-electron chi connectivity index (χ4n) is 1.85. The lowest BCUT2D eigenvalue weighted by Crippen LogP contribution is -2.28. The molecule has 0 aliphatic carbocycles. The zero-order valence-corrected chi connectivity index (χ0v) is 11.1. The molecule has 0 spiro atoms. The van der Waals surface area contributed by atoms with Crippen LogP contribution in [0.4, 0.5) is 10.5 Å². The molecule has 0 aliphatic heterocycles. The predicted octanol–water partition coefficient (Wildman–Crippen LogP) is 2.73. The van der Waals surface area contributed by atoms with Gasteiger partial charge >= 0.3 is 6.03 Å². The largest absolute Gasteiger partial charge is 0.508 e. The quantitative estimate of drug-likeness (QED) is 0.693. The highest BCUT2D eigenvalue weighted by molar-refractivity contribution is 5.89. The van der Waals surface area contributed by atoms with Gasteiger partial charge in [0.15, 0.2) is 0 Å². The molecule has 0 atom stereocenters. The number of carbonyl (C=O) groups is 1. The normalized spacial score (nSPS) is 10.1. The van der Waals surface area contributed by atoms with Crippen LogP contribution in [0.25, 0.3) is 0 Å². The Hall–Kier alpha value is -2.69. The van der Waals surface area contributed by atoms with Crippen LogP contribution < -0.4 is 10.6 Å². The van der Waals surface area contributed by atoms with Crippen molar-refractivity contribution in [2.75, 3.05) is 5.32 Å². The molecule has 0 heterocycles. The van der Waals surface area contributed by atoms with Gasteiger partial charge in [-0.3, -0.25) is 0 Å². The van der Waals surface area contributed by atoms with Gasteiger partial charge in [-0.2, -0.15) is 0 Å². The number of urea groups is 1. The molecule has 0 saturated heterocycles. The van der Waals surface area contributed by atoms with Crippen molar-refractivity contribution in [1.82, 2.24) is 5.32 Å². The van der Waals surface area contributed by atoms with Crippen molar-refractivity contribution in [3.05, 3.63) is 53.6 Å². The van der Waals surface area contributed by atoms with E-state index in [1.807, 2.05) is 31.2 Å². The summed E-state index contributed by atoms with van der Waals surface area (Å²) in [4.78, 5) is 11.7. The molecular formula is C15H16N2O3. The highest BCUT2D eigenvalue weighted by Gasteiger charge is 2.04. The first-order chi connectivity index (χ1) is 9.52. The van der Waals surface area contributed by atoms with Crippen molar-refractivity contribution in [2.24, 2.45) is 0 Å². The summed E-state index contributed by atoms with van der Waals surface area (Å²) in [6.45, 7) is 2.39. The fourth-order valence-corrected chi connectivity index (χ4v) is 1.85. The second-order valence-electron chi connectivity index (χ2n) is 4.53. The van der Waals surface area contributed by atoms with Crippen LogP contribution in [0.1, 0.15) is 11.1 Å². The van der Waals surface area contributed by atoms with Gasteiger partial charge in [-0.15, -0.1) is 0 Å². The molecular weight excluding hydrogens is 256 g/mol.